The van der Waals surface area contributed by atoms with Gasteiger partial charge in [-0.3, -0.25) is 4.90 Å². The minimum absolute atomic E-state index is 0.506. The van der Waals surface area contributed by atoms with Gasteiger partial charge in [0.05, 0.1) is 0 Å². The van der Waals surface area contributed by atoms with Crippen molar-refractivity contribution in [2.24, 2.45) is 0 Å². The van der Waals surface area contributed by atoms with Gasteiger partial charge in [-0.2, -0.15) is 0 Å². The molecule has 0 spiro atoms. The molecule has 1 aromatic rings. The first-order valence-electron chi connectivity index (χ1n) is 7.16. The first kappa shape index (κ1) is 12.2. The highest BCUT2D eigenvalue weighted by Crippen LogP contribution is 2.47. The third-order valence-electron chi connectivity index (χ3n) is 4.65. The number of hydrogen-bond acceptors (Lipinski definition) is 2. The maximum Gasteiger partial charge on any atom is 0.0234 e. The Hall–Kier alpha value is -0.860. The Kier molecular flexibility index (Phi) is 3.16. The number of piperazine rings is 1. The van der Waals surface area contributed by atoms with Gasteiger partial charge in [0.15, 0.2) is 0 Å². The first-order valence-corrected chi connectivity index (χ1v) is 7.16. The summed E-state index contributed by atoms with van der Waals surface area (Å²) in [5, 5.41) is 0. The molecule has 18 heavy (non-hydrogen) atoms. The van der Waals surface area contributed by atoms with Crippen LogP contribution in [-0.4, -0.2) is 43.0 Å². The SMILES string of the molecule is CN1CCN(Cc2ccc(C3(C)CC3)cc2)CC1. The zero-order valence-electron chi connectivity index (χ0n) is 11.7. The summed E-state index contributed by atoms with van der Waals surface area (Å²) >= 11 is 0. The number of rotatable bonds is 3. The second kappa shape index (κ2) is 4.67. The van der Waals surface area contributed by atoms with Crippen LogP contribution in [0.5, 0.6) is 0 Å². The molecule has 0 bridgehead atoms. The van der Waals surface area contributed by atoms with Gasteiger partial charge in [0.1, 0.15) is 0 Å². The van der Waals surface area contributed by atoms with E-state index in [1.807, 2.05) is 0 Å². The summed E-state index contributed by atoms with van der Waals surface area (Å²) in [6.45, 7) is 8.31. The Morgan fingerprint density at radius 3 is 2.17 bits per heavy atom. The van der Waals surface area contributed by atoms with Gasteiger partial charge < -0.3 is 4.90 Å². The molecule has 0 N–H and O–H groups in total. The molecule has 1 aromatic carbocycles. The fraction of sp³-hybridized carbons (Fsp3) is 0.625. The molecule has 2 fully saturated rings. The Bertz CT molecular complexity index is 398. The van der Waals surface area contributed by atoms with E-state index in [0.29, 0.717) is 5.41 Å². The van der Waals surface area contributed by atoms with E-state index in [2.05, 4.69) is 48.0 Å². The summed E-state index contributed by atoms with van der Waals surface area (Å²) in [4.78, 5) is 4.97. The van der Waals surface area contributed by atoms with Gasteiger partial charge in [-0.1, -0.05) is 31.2 Å². The van der Waals surface area contributed by atoms with Crippen molar-refractivity contribution in [2.75, 3.05) is 33.2 Å². The lowest BCUT2D eigenvalue weighted by molar-refractivity contribution is 0.148. The minimum atomic E-state index is 0.506. The van der Waals surface area contributed by atoms with Gasteiger partial charge in [0, 0.05) is 32.7 Å². The van der Waals surface area contributed by atoms with Crippen molar-refractivity contribution in [1.82, 2.24) is 9.80 Å². The molecule has 0 atom stereocenters. The highest BCUT2D eigenvalue weighted by Gasteiger charge is 2.38. The van der Waals surface area contributed by atoms with Gasteiger partial charge in [0.25, 0.3) is 0 Å². The Balaban J connectivity index is 1.60. The standard InChI is InChI=1S/C16H24N2/c1-16(7-8-16)15-5-3-14(4-6-15)13-18-11-9-17(2)10-12-18/h3-6H,7-13H2,1-2H3. The van der Waals surface area contributed by atoms with Crippen molar-refractivity contribution < 1.29 is 0 Å². The zero-order valence-corrected chi connectivity index (χ0v) is 11.7. The Labute approximate surface area is 111 Å². The van der Waals surface area contributed by atoms with Crippen LogP contribution in [0.3, 0.4) is 0 Å². The van der Waals surface area contributed by atoms with E-state index < -0.39 is 0 Å². The van der Waals surface area contributed by atoms with Crippen LogP contribution in [0.2, 0.25) is 0 Å². The highest BCUT2D eigenvalue weighted by atomic mass is 15.2. The first-order chi connectivity index (χ1) is 8.66. The third-order valence-corrected chi connectivity index (χ3v) is 4.65. The van der Waals surface area contributed by atoms with Crippen molar-refractivity contribution in [3.05, 3.63) is 35.4 Å². The summed E-state index contributed by atoms with van der Waals surface area (Å²) in [7, 11) is 2.21. The molecule has 0 radical (unpaired) electrons. The highest BCUT2D eigenvalue weighted by molar-refractivity contribution is 5.32. The van der Waals surface area contributed by atoms with Crippen LogP contribution < -0.4 is 0 Å². The largest absolute Gasteiger partial charge is 0.304 e. The van der Waals surface area contributed by atoms with Crippen molar-refractivity contribution in [3.63, 3.8) is 0 Å². The summed E-state index contributed by atoms with van der Waals surface area (Å²) < 4.78 is 0. The number of likely N-dealkylation sites (N-methyl/N-ethyl adjacent to an activating group) is 1. The van der Waals surface area contributed by atoms with Crippen molar-refractivity contribution in [2.45, 2.75) is 31.7 Å². The molecule has 98 valence electrons. The van der Waals surface area contributed by atoms with E-state index in [-0.39, 0.29) is 0 Å². The van der Waals surface area contributed by atoms with E-state index in [9.17, 15) is 0 Å². The normalized spacial score (nSPS) is 24.1. The van der Waals surface area contributed by atoms with Crippen LogP contribution >= 0.6 is 0 Å². The molecule has 0 aromatic heterocycles. The molecule has 2 nitrogen and oxygen atoms in total. The van der Waals surface area contributed by atoms with Gasteiger partial charge in [-0.05, 0) is 36.4 Å². The predicted octanol–water partition coefficient (Wildman–Crippen LogP) is 2.49. The molecular weight excluding hydrogens is 220 g/mol. The molecule has 1 saturated carbocycles. The second-order valence-corrected chi connectivity index (χ2v) is 6.34. The molecule has 2 heteroatoms. The summed E-state index contributed by atoms with van der Waals surface area (Å²) in [5.74, 6) is 0. The molecule has 3 rings (SSSR count). The maximum atomic E-state index is 2.56. The fourth-order valence-electron chi connectivity index (χ4n) is 2.75. The van der Waals surface area contributed by atoms with Crippen LogP contribution in [-0.2, 0) is 12.0 Å². The molecule has 1 heterocycles. The van der Waals surface area contributed by atoms with E-state index >= 15 is 0 Å². The van der Waals surface area contributed by atoms with Crippen LogP contribution in [0.15, 0.2) is 24.3 Å². The van der Waals surface area contributed by atoms with Crippen LogP contribution in [0.25, 0.3) is 0 Å². The van der Waals surface area contributed by atoms with E-state index in [0.717, 1.165) is 6.54 Å². The van der Waals surface area contributed by atoms with Crippen molar-refractivity contribution >= 4 is 0 Å². The molecule has 1 aliphatic heterocycles. The van der Waals surface area contributed by atoms with Gasteiger partial charge in [0.2, 0.25) is 0 Å². The predicted molar refractivity (Wildman–Crippen MR) is 75.8 cm³/mol. The Morgan fingerprint density at radius 1 is 1.00 bits per heavy atom. The van der Waals surface area contributed by atoms with E-state index in [1.54, 1.807) is 0 Å². The second-order valence-electron chi connectivity index (χ2n) is 6.34. The molecule has 0 amide bonds. The van der Waals surface area contributed by atoms with Crippen molar-refractivity contribution in [3.8, 4) is 0 Å². The molecule has 0 unspecified atom stereocenters. The average Bonchev–Trinajstić information content (AvgIpc) is 3.12. The maximum absolute atomic E-state index is 2.56. The van der Waals surface area contributed by atoms with Crippen LogP contribution in [0.4, 0.5) is 0 Å². The monoisotopic (exact) mass is 244 g/mol. The lowest BCUT2D eigenvalue weighted by Gasteiger charge is -2.32. The number of nitrogens with zero attached hydrogens (tertiary/aromatic N) is 2. The fourth-order valence-corrected chi connectivity index (χ4v) is 2.75. The minimum Gasteiger partial charge on any atom is -0.304 e. The van der Waals surface area contributed by atoms with Crippen LogP contribution in [0.1, 0.15) is 30.9 Å². The molecule has 1 aliphatic carbocycles. The molecule has 2 aliphatic rings. The van der Waals surface area contributed by atoms with Gasteiger partial charge in [-0.25, -0.2) is 0 Å². The molecular formula is C16H24N2. The van der Waals surface area contributed by atoms with E-state index in [1.165, 1.54) is 50.1 Å². The van der Waals surface area contributed by atoms with Crippen LogP contribution in [0, 0.1) is 0 Å². The third kappa shape index (κ3) is 2.60. The summed E-state index contributed by atoms with van der Waals surface area (Å²) in [6, 6.07) is 9.35. The van der Waals surface area contributed by atoms with Gasteiger partial charge in [-0.15, -0.1) is 0 Å². The zero-order chi connectivity index (χ0) is 12.6. The van der Waals surface area contributed by atoms with Gasteiger partial charge >= 0.3 is 0 Å². The topological polar surface area (TPSA) is 6.48 Å². The number of benzene rings is 1. The number of hydrogen-bond donors (Lipinski definition) is 0. The average molecular weight is 244 g/mol. The van der Waals surface area contributed by atoms with Crippen molar-refractivity contribution in [1.29, 1.82) is 0 Å². The quantitative estimate of drug-likeness (QED) is 0.806. The Morgan fingerprint density at radius 2 is 1.61 bits per heavy atom. The summed E-state index contributed by atoms with van der Waals surface area (Å²) in [5.41, 5.74) is 3.50. The smallest absolute Gasteiger partial charge is 0.0234 e. The summed E-state index contributed by atoms with van der Waals surface area (Å²) in [6.07, 6.45) is 2.73. The lowest BCUT2D eigenvalue weighted by atomic mass is 9.97. The molecule has 1 saturated heterocycles. The van der Waals surface area contributed by atoms with E-state index in [4.69, 9.17) is 0 Å². The lowest BCUT2D eigenvalue weighted by Crippen LogP contribution is -2.43.